The first-order valence-electron chi connectivity index (χ1n) is 7.09. The van der Waals surface area contributed by atoms with Gasteiger partial charge in [-0.3, -0.25) is 9.59 Å². The first kappa shape index (κ1) is 17.5. The second-order valence-corrected chi connectivity index (χ2v) is 5.72. The summed E-state index contributed by atoms with van der Waals surface area (Å²) in [6, 6.07) is -0.785. The van der Waals surface area contributed by atoms with Crippen LogP contribution < -0.4 is 0 Å². The summed E-state index contributed by atoms with van der Waals surface area (Å²) >= 11 is 0. The van der Waals surface area contributed by atoms with Crippen LogP contribution in [-0.2, 0) is 33.3 Å². The summed E-state index contributed by atoms with van der Waals surface area (Å²) in [5.41, 5.74) is 8.79. The van der Waals surface area contributed by atoms with E-state index in [1.807, 2.05) is 0 Å². The number of esters is 2. The van der Waals surface area contributed by atoms with E-state index < -0.39 is 48.4 Å². The lowest BCUT2D eigenvalue weighted by atomic mass is 10.0. The molecule has 10 nitrogen and oxygen atoms in total. The number of fused-ring (bicyclic) bond motifs is 1. The number of azide groups is 1. The zero-order valence-electron chi connectivity index (χ0n) is 13.3. The lowest BCUT2D eigenvalue weighted by Crippen LogP contribution is -2.44. The van der Waals surface area contributed by atoms with E-state index in [1.165, 1.54) is 13.8 Å². The van der Waals surface area contributed by atoms with Gasteiger partial charge in [0.05, 0.1) is 6.04 Å². The van der Waals surface area contributed by atoms with Gasteiger partial charge < -0.3 is 23.7 Å². The lowest BCUT2D eigenvalue weighted by Gasteiger charge is -2.28. The van der Waals surface area contributed by atoms with Gasteiger partial charge in [0, 0.05) is 18.8 Å². The number of hydrogen-bond donors (Lipinski definition) is 0. The molecule has 0 aromatic carbocycles. The van der Waals surface area contributed by atoms with E-state index in [4.69, 9.17) is 29.2 Å². The molecule has 0 aromatic heterocycles. The summed E-state index contributed by atoms with van der Waals surface area (Å²) in [5.74, 6) is -1.99. The van der Waals surface area contributed by atoms with Crippen LogP contribution in [0.25, 0.3) is 10.4 Å². The molecule has 2 fully saturated rings. The van der Waals surface area contributed by atoms with Crippen LogP contribution in [0.4, 0.5) is 0 Å². The smallest absolute Gasteiger partial charge is 0.303 e. The van der Waals surface area contributed by atoms with E-state index in [2.05, 4.69) is 10.0 Å². The Bertz CT molecular complexity index is 532. The normalized spacial score (nSPS) is 32.5. The maximum Gasteiger partial charge on any atom is 0.303 e. The van der Waals surface area contributed by atoms with Gasteiger partial charge in [0.1, 0.15) is 18.8 Å². The van der Waals surface area contributed by atoms with Gasteiger partial charge in [0.15, 0.2) is 18.2 Å². The second-order valence-electron chi connectivity index (χ2n) is 5.72. The molecule has 5 atom stereocenters. The van der Waals surface area contributed by atoms with Gasteiger partial charge in [-0.1, -0.05) is 5.11 Å². The molecule has 23 heavy (non-hydrogen) atoms. The first-order chi connectivity index (χ1) is 10.7. The summed E-state index contributed by atoms with van der Waals surface area (Å²) in [5, 5.41) is 3.69. The molecule has 10 heteroatoms. The largest absolute Gasteiger partial charge is 0.462 e. The summed E-state index contributed by atoms with van der Waals surface area (Å²) in [6.07, 6.45) is -3.18. The van der Waals surface area contributed by atoms with Crippen molar-refractivity contribution < 1.29 is 33.3 Å². The molecule has 2 aliphatic heterocycles. The third-order valence-electron chi connectivity index (χ3n) is 3.37. The highest BCUT2D eigenvalue weighted by Gasteiger charge is 2.57. The lowest BCUT2D eigenvalue weighted by molar-refractivity contribution is -0.221. The van der Waals surface area contributed by atoms with Crippen molar-refractivity contribution in [3.63, 3.8) is 0 Å². The van der Waals surface area contributed by atoms with E-state index in [-0.39, 0.29) is 6.61 Å². The van der Waals surface area contributed by atoms with Gasteiger partial charge in [-0.15, -0.1) is 0 Å². The molecule has 0 aliphatic carbocycles. The number of ether oxygens (including phenoxy) is 5. The fourth-order valence-electron chi connectivity index (χ4n) is 2.62. The van der Waals surface area contributed by atoms with Crippen LogP contribution in [0.1, 0.15) is 27.7 Å². The standard InChI is InChI=1S/C13H19N3O7/c1-6(17)19-5-8(20-7(2)18)10-9(15-16-14)11-12(21-10)23-13(3,4)22-11/h8-12H,5H2,1-4H3/t8-,9+,10-,11-,12-/m1/s1. The topological polar surface area (TPSA) is 129 Å². The SMILES string of the molecule is CC(=O)OC[C@@H](OC(C)=O)[C@H]1O[C@@H]2OC(C)(C)O[C@@H]2[C@H]1N=[N+]=[N-]. The molecule has 2 aliphatic rings. The zero-order valence-corrected chi connectivity index (χ0v) is 13.3. The molecule has 2 saturated heterocycles. The van der Waals surface area contributed by atoms with Crippen molar-refractivity contribution in [3.05, 3.63) is 10.4 Å². The molecule has 2 heterocycles. The van der Waals surface area contributed by atoms with Crippen LogP contribution >= 0.6 is 0 Å². The Labute approximate surface area is 132 Å². The molecule has 0 radical (unpaired) electrons. The minimum atomic E-state index is -0.937. The molecule has 0 saturated carbocycles. The van der Waals surface area contributed by atoms with Gasteiger partial charge in [0.2, 0.25) is 0 Å². The summed E-state index contributed by atoms with van der Waals surface area (Å²) < 4.78 is 27.0. The second kappa shape index (κ2) is 6.71. The van der Waals surface area contributed by atoms with Gasteiger partial charge in [-0.2, -0.15) is 0 Å². The molecule has 2 rings (SSSR count). The van der Waals surface area contributed by atoms with Crippen LogP contribution in [0.15, 0.2) is 5.11 Å². The summed E-state index contributed by atoms with van der Waals surface area (Å²) in [6.45, 7) is 5.64. The Kier molecular flexibility index (Phi) is 5.10. The van der Waals surface area contributed by atoms with Gasteiger partial charge in [-0.25, -0.2) is 0 Å². The third-order valence-corrected chi connectivity index (χ3v) is 3.37. The summed E-state index contributed by atoms with van der Waals surface area (Å²) in [4.78, 5) is 25.1. The molecule has 0 unspecified atom stereocenters. The van der Waals surface area contributed by atoms with E-state index >= 15 is 0 Å². The molecule has 0 N–H and O–H groups in total. The van der Waals surface area contributed by atoms with Gasteiger partial charge >= 0.3 is 11.9 Å². The van der Waals surface area contributed by atoms with E-state index in [0.29, 0.717) is 0 Å². The Morgan fingerprint density at radius 3 is 2.57 bits per heavy atom. The molecular weight excluding hydrogens is 310 g/mol. The minimum Gasteiger partial charge on any atom is -0.462 e. The van der Waals surface area contributed by atoms with Crippen molar-refractivity contribution in [1.29, 1.82) is 0 Å². The highest BCUT2D eigenvalue weighted by Crippen LogP contribution is 2.40. The predicted octanol–water partition coefficient (Wildman–Crippen LogP) is 1.04. The van der Waals surface area contributed by atoms with Crippen LogP contribution in [0.3, 0.4) is 0 Å². The zero-order chi connectivity index (χ0) is 17.2. The Hall–Kier alpha value is -1.87. The van der Waals surface area contributed by atoms with Crippen molar-refractivity contribution in [2.75, 3.05) is 6.61 Å². The Morgan fingerprint density at radius 2 is 2.00 bits per heavy atom. The fraction of sp³-hybridized carbons (Fsp3) is 0.846. The average molecular weight is 329 g/mol. The monoisotopic (exact) mass is 329 g/mol. The summed E-state index contributed by atoms with van der Waals surface area (Å²) in [7, 11) is 0. The molecule has 128 valence electrons. The first-order valence-corrected chi connectivity index (χ1v) is 7.09. The maximum atomic E-state index is 11.3. The number of nitrogens with zero attached hydrogens (tertiary/aromatic N) is 3. The van der Waals surface area contributed by atoms with Gasteiger partial charge in [0.25, 0.3) is 0 Å². The number of rotatable bonds is 5. The van der Waals surface area contributed by atoms with E-state index in [9.17, 15) is 9.59 Å². The van der Waals surface area contributed by atoms with Crippen molar-refractivity contribution in [2.45, 2.75) is 64.1 Å². The van der Waals surface area contributed by atoms with Crippen LogP contribution in [-0.4, -0.2) is 55.0 Å². The molecule has 0 spiro atoms. The predicted molar refractivity (Wildman–Crippen MR) is 73.8 cm³/mol. The maximum absolute atomic E-state index is 11.3. The molecule has 0 bridgehead atoms. The van der Waals surface area contributed by atoms with Crippen molar-refractivity contribution in [2.24, 2.45) is 5.11 Å². The van der Waals surface area contributed by atoms with E-state index in [0.717, 1.165) is 0 Å². The Morgan fingerprint density at radius 1 is 1.30 bits per heavy atom. The van der Waals surface area contributed by atoms with Crippen molar-refractivity contribution in [3.8, 4) is 0 Å². The highest BCUT2D eigenvalue weighted by molar-refractivity contribution is 5.67. The van der Waals surface area contributed by atoms with Crippen LogP contribution in [0.2, 0.25) is 0 Å². The average Bonchev–Trinajstić information content (AvgIpc) is 2.88. The quantitative estimate of drug-likeness (QED) is 0.319. The number of carbonyl (C=O) groups is 2. The number of carbonyl (C=O) groups excluding carboxylic acids is 2. The van der Waals surface area contributed by atoms with Gasteiger partial charge in [-0.05, 0) is 19.4 Å². The molecule has 0 amide bonds. The minimum absolute atomic E-state index is 0.222. The van der Waals surface area contributed by atoms with Crippen LogP contribution in [0.5, 0.6) is 0 Å². The fourth-order valence-corrected chi connectivity index (χ4v) is 2.62. The molecule has 0 aromatic rings. The van der Waals surface area contributed by atoms with Crippen LogP contribution in [0, 0.1) is 0 Å². The third kappa shape index (κ3) is 4.11. The van der Waals surface area contributed by atoms with Crippen molar-refractivity contribution in [1.82, 2.24) is 0 Å². The van der Waals surface area contributed by atoms with Crippen molar-refractivity contribution >= 4 is 11.9 Å². The number of hydrogen-bond acceptors (Lipinski definition) is 8. The van der Waals surface area contributed by atoms with E-state index in [1.54, 1.807) is 13.8 Å². The molecular formula is C13H19N3O7. The Balaban J connectivity index is 2.18. The highest BCUT2D eigenvalue weighted by atomic mass is 16.8.